The second kappa shape index (κ2) is 7.49. The first-order valence-electron chi connectivity index (χ1n) is 6.47. The van der Waals surface area contributed by atoms with Crippen molar-refractivity contribution in [1.29, 1.82) is 0 Å². The molecule has 1 atom stereocenters. The molecule has 1 aromatic carbocycles. The van der Waals surface area contributed by atoms with Gasteiger partial charge in [0.1, 0.15) is 0 Å². The van der Waals surface area contributed by atoms with Gasteiger partial charge in [-0.05, 0) is 45.3 Å². The van der Waals surface area contributed by atoms with E-state index in [9.17, 15) is 9.59 Å². The van der Waals surface area contributed by atoms with Crippen molar-refractivity contribution in [2.75, 3.05) is 32.9 Å². The predicted molar refractivity (Wildman–Crippen MR) is 79.3 cm³/mol. The van der Waals surface area contributed by atoms with Crippen LogP contribution in [0.25, 0.3) is 0 Å². The summed E-state index contributed by atoms with van der Waals surface area (Å²) in [4.78, 5) is 25.4. The van der Waals surface area contributed by atoms with Gasteiger partial charge in [0.25, 0.3) is 5.91 Å². The molecule has 1 rings (SSSR count). The second-order valence-electron chi connectivity index (χ2n) is 4.92. The van der Waals surface area contributed by atoms with Crippen LogP contribution in [0.4, 0.5) is 5.69 Å². The largest absolute Gasteiger partial charge is 0.399 e. The zero-order chi connectivity index (χ0) is 15.1. The third kappa shape index (κ3) is 5.27. The smallest absolute Gasteiger partial charge is 0.251 e. The fourth-order valence-corrected chi connectivity index (χ4v) is 1.40. The van der Waals surface area contributed by atoms with Gasteiger partial charge in [0.05, 0.1) is 6.54 Å². The summed E-state index contributed by atoms with van der Waals surface area (Å²) in [5, 5.41) is 5.33. The van der Waals surface area contributed by atoms with Gasteiger partial charge in [-0.15, -0.1) is 0 Å². The van der Waals surface area contributed by atoms with Gasteiger partial charge in [-0.25, -0.2) is 0 Å². The highest BCUT2D eigenvalue weighted by atomic mass is 16.2. The lowest BCUT2D eigenvalue weighted by Crippen LogP contribution is -2.42. The van der Waals surface area contributed by atoms with Gasteiger partial charge in [0.2, 0.25) is 5.91 Å². The molecule has 20 heavy (non-hydrogen) atoms. The van der Waals surface area contributed by atoms with E-state index in [4.69, 9.17) is 5.73 Å². The molecule has 0 heterocycles. The molecule has 0 saturated heterocycles. The fourth-order valence-electron chi connectivity index (χ4n) is 1.40. The molecule has 0 aliphatic rings. The predicted octanol–water partition coefficient (Wildman–Crippen LogP) is 0.0649. The van der Waals surface area contributed by atoms with Crippen LogP contribution in [0.1, 0.15) is 17.3 Å². The molecule has 2 amide bonds. The number of nitrogen functional groups attached to an aromatic ring is 1. The quantitative estimate of drug-likeness (QED) is 0.642. The minimum atomic E-state index is -0.291. The molecule has 0 saturated carbocycles. The van der Waals surface area contributed by atoms with E-state index in [0.29, 0.717) is 17.8 Å². The standard InChI is InChI=1S/C14H22N4O2/c1-10(18(2)3)8-16-13(19)9-17-14(20)11-4-6-12(15)7-5-11/h4-7,10H,8-9,15H2,1-3H3,(H,16,19)(H,17,20). The topological polar surface area (TPSA) is 87.5 Å². The van der Waals surface area contributed by atoms with Crippen molar-refractivity contribution in [3.8, 4) is 0 Å². The summed E-state index contributed by atoms with van der Waals surface area (Å²) in [6.45, 7) is 2.51. The van der Waals surface area contributed by atoms with E-state index in [1.54, 1.807) is 24.3 Å². The molecule has 4 N–H and O–H groups in total. The van der Waals surface area contributed by atoms with Crippen LogP contribution in [0.5, 0.6) is 0 Å². The van der Waals surface area contributed by atoms with Crippen molar-refractivity contribution in [3.05, 3.63) is 29.8 Å². The van der Waals surface area contributed by atoms with Crippen LogP contribution in [-0.2, 0) is 4.79 Å². The maximum atomic E-state index is 11.8. The number of carbonyl (C=O) groups excluding carboxylic acids is 2. The summed E-state index contributed by atoms with van der Waals surface area (Å²) in [5.74, 6) is -0.497. The lowest BCUT2D eigenvalue weighted by atomic mass is 10.2. The Morgan fingerprint density at radius 3 is 2.35 bits per heavy atom. The molecule has 110 valence electrons. The first kappa shape index (κ1) is 16.0. The van der Waals surface area contributed by atoms with Crippen LogP contribution in [0, 0.1) is 0 Å². The lowest BCUT2D eigenvalue weighted by Gasteiger charge is -2.19. The van der Waals surface area contributed by atoms with Crippen LogP contribution in [0.2, 0.25) is 0 Å². The SMILES string of the molecule is CC(CNC(=O)CNC(=O)c1ccc(N)cc1)N(C)C. The van der Waals surface area contributed by atoms with E-state index in [1.165, 1.54) is 0 Å². The Hall–Kier alpha value is -2.08. The van der Waals surface area contributed by atoms with Gasteiger partial charge in [-0.3, -0.25) is 9.59 Å². The summed E-state index contributed by atoms with van der Waals surface area (Å²) in [5.41, 5.74) is 6.62. The Morgan fingerprint density at radius 2 is 1.80 bits per heavy atom. The number of nitrogens with one attached hydrogen (secondary N) is 2. The molecule has 0 aliphatic carbocycles. The van der Waals surface area contributed by atoms with Gasteiger partial charge in [-0.2, -0.15) is 0 Å². The molecule has 0 aromatic heterocycles. The highest BCUT2D eigenvalue weighted by molar-refractivity contribution is 5.96. The van der Waals surface area contributed by atoms with Crippen molar-refractivity contribution < 1.29 is 9.59 Å². The van der Waals surface area contributed by atoms with E-state index in [-0.39, 0.29) is 24.4 Å². The van der Waals surface area contributed by atoms with Gasteiger partial charge < -0.3 is 21.3 Å². The first-order valence-corrected chi connectivity index (χ1v) is 6.47. The zero-order valence-corrected chi connectivity index (χ0v) is 12.1. The number of nitrogens with zero attached hydrogens (tertiary/aromatic N) is 1. The highest BCUT2D eigenvalue weighted by Crippen LogP contribution is 2.04. The lowest BCUT2D eigenvalue weighted by molar-refractivity contribution is -0.120. The van der Waals surface area contributed by atoms with Crippen LogP contribution in [-0.4, -0.2) is 49.9 Å². The maximum absolute atomic E-state index is 11.8. The number of rotatable bonds is 6. The molecule has 0 fully saturated rings. The van der Waals surface area contributed by atoms with Gasteiger partial charge in [0.15, 0.2) is 0 Å². The summed E-state index contributed by atoms with van der Waals surface area (Å²) in [6.07, 6.45) is 0. The number of nitrogens with two attached hydrogens (primary N) is 1. The minimum Gasteiger partial charge on any atom is -0.399 e. The Kier molecular flexibility index (Phi) is 5.99. The van der Waals surface area contributed by atoms with Crippen LogP contribution in [0.3, 0.4) is 0 Å². The van der Waals surface area contributed by atoms with Gasteiger partial charge in [-0.1, -0.05) is 0 Å². The Balaban J connectivity index is 2.34. The fraction of sp³-hybridized carbons (Fsp3) is 0.429. The molecule has 6 heteroatoms. The molecule has 1 unspecified atom stereocenters. The number of amides is 2. The monoisotopic (exact) mass is 278 g/mol. The normalized spacial score (nSPS) is 12.0. The van der Waals surface area contributed by atoms with Crippen molar-refractivity contribution in [1.82, 2.24) is 15.5 Å². The number of benzene rings is 1. The van der Waals surface area contributed by atoms with Crippen molar-refractivity contribution in [2.24, 2.45) is 0 Å². The number of likely N-dealkylation sites (N-methyl/N-ethyl adjacent to an activating group) is 1. The number of hydrogen-bond donors (Lipinski definition) is 3. The van der Waals surface area contributed by atoms with E-state index in [0.717, 1.165) is 0 Å². The summed E-state index contributed by atoms with van der Waals surface area (Å²) < 4.78 is 0. The molecule has 0 radical (unpaired) electrons. The molecule has 0 aliphatic heterocycles. The zero-order valence-electron chi connectivity index (χ0n) is 12.1. The van der Waals surface area contributed by atoms with Crippen molar-refractivity contribution >= 4 is 17.5 Å². The minimum absolute atomic E-state index is 0.0383. The summed E-state index contributed by atoms with van der Waals surface area (Å²) >= 11 is 0. The Morgan fingerprint density at radius 1 is 1.20 bits per heavy atom. The third-order valence-corrected chi connectivity index (χ3v) is 3.06. The van der Waals surface area contributed by atoms with Crippen LogP contribution in [0.15, 0.2) is 24.3 Å². The second-order valence-corrected chi connectivity index (χ2v) is 4.92. The van der Waals surface area contributed by atoms with Gasteiger partial charge >= 0.3 is 0 Å². The van der Waals surface area contributed by atoms with Crippen molar-refractivity contribution in [3.63, 3.8) is 0 Å². The van der Waals surface area contributed by atoms with E-state index < -0.39 is 0 Å². The van der Waals surface area contributed by atoms with Crippen molar-refractivity contribution in [2.45, 2.75) is 13.0 Å². The highest BCUT2D eigenvalue weighted by Gasteiger charge is 2.09. The third-order valence-electron chi connectivity index (χ3n) is 3.06. The van der Waals surface area contributed by atoms with E-state index in [2.05, 4.69) is 10.6 Å². The first-order chi connectivity index (χ1) is 9.40. The molecular formula is C14H22N4O2. The van der Waals surface area contributed by atoms with Gasteiger partial charge in [0, 0.05) is 23.8 Å². The average molecular weight is 278 g/mol. The molecule has 6 nitrogen and oxygen atoms in total. The number of carbonyl (C=O) groups is 2. The van der Waals surface area contributed by atoms with E-state index >= 15 is 0 Å². The van der Waals surface area contributed by atoms with Crippen LogP contribution < -0.4 is 16.4 Å². The molecule has 0 spiro atoms. The summed E-state index contributed by atoms with van der Waals surface area (Å²) in [7, 11) is 3.89. The summed E-state index contributed by atoms with van der Waals surface area (Å²) in [6, 6.07) is 6.78. The Labute approximate surface area is 119 Å². The molecule has 1 aromatic rings. The van der Waals surface area contributed by atoms with Crippen LogP contribution >= 0.6 is 0 Å². The number of hydrogen-bond acceptors (Lipinski definition) is 4. The Bertz CT molecular complexity index is 457. The molecular weight excluding hydrogens is 256 g/mol. The van der Waals surface area contributed by atoms with E-state index in [1.807, 2.05) is 25.9 Å². The number of anilines is 1. The maximum Gasteiger partial charge on any atom is 0.251 e. The average Bonchev–Trinajstić information content (AvgIpc) is 2.42. The molecule has 0 bridgehead atoms.